The van der Waals surface area contributed by atoms with Crippen LogP contribution in [0.3, 0.4) is 0 Å². The number of amides is 1. The maximum atomic E-state index is 12.1. The van der Waals surface area contributed by atoms with E-state index in [2.05, 4.69) is 131 Å². The molecule has 0 radical (unpaired) electrons. The molecular formula is C96H184ClN5O24Si3. The lowest BCUT2D eigenvalue weighted by molar-refractivity contribution is -0.170. The lowest BCUT2D eigenvalue weighted by Crippen LogP contribution is -2.44. The molecule has 12 atom stereocenters. The number of hydrogen-bond donors (Lipinski definition) is 1. The SMILES string of the molecule is C/C=N/N1CCCCC1.CCOC.CCOC(=O)C(CC=O)=C1C[C@@H](C)O[C@H](C)C1.CCOC(=O)C[C@@H](C)O.CCOC(=O)C[C@@H](C)O[Si](C)(C)C(C)(C)C.CCOC(=O)[C@@H](CC=O)C1C[C@@H](C)O[C@H](C)C1.CON(C)C(=O)C[C@@H](C)O[Si](C)(C)C(C)(C)C.C[C@@H]1CC(=O)C=CO1.C[C@@H]1CC(=O)C[C@@H](C)O1.C[C@H](CC(=O)C/C=N/N1CCCCC1)O[Si](C)(C)C(C)(C)C.Cl. The highest BCUT2D eigenvalue weighted by Crippen LogP contribution is 2.40. The molecule has 0 spiro atoms. The second kappa shape index (κ2) is 72.0. The molecule has 0 bridgehead atoms. The molecule has 29 nitrogen and oxygen atoms in total. The van der Waals surface area contributed by atoms with Gasteiger partial charge in [-0.15, -0.1) is 12.4 Å². The maximum Gasteiger partial charge on any atom is 0.334 e. The van der Waals surface area contributed by atoms with Crippen molar-refractivity contribution in [1.82, 2.24) is 15.1 Å². The zero-order chi connectivity index (χ0) is 99.4. The number of hydroxylamine groups is 2. The van der Waals surface area contributed by atoms with Crippen molar-refractivity contribution in [3.05, 3.63) is 23.5 Å². The smallest absolute Gasteiger partial charge is 0.334 e. The van der Waals surface area contributed by atoms with E-state index in [9.17, 15) is 47.9 Å². The molecule has 6 aliphatic heterocycles. The van der Waals surface area contributed by atoms with Crippen LogP contribution in [0.15, 0.2) is 33.7 Å². The van der Waals surface area contributed by atoms with Gasteiger partial charge in [0.15, 0.2) is 30.7 Å². The Morgan fingerprint density at radius 2 is 0.930 bits per heavy atom. The van der Waals surface area contributed by atoms with Gasteiger partial charge in [0.1, 0.15) is 30.2 Å². The summed E-state index contributed by atoms with van der Waals surface area (Å²) >= 11 is 0. The van der Waals surface area contributed by atoms with Gasteiger partial charge in [0, 0.05) is 122 Å². The van der Waals surface area contributed by atoms with Gasteiger partial charge in [-0.1, -0.05) is 67.9 Å². The number of methoxy groups -OCH3 is 1. The number of aliphatic hydroxyl groups excluding tert-OH is 1. The van der Waals surface area contributed by atoms with E-state index >= 15 is 0 Å². The highest BCUT2D eigenvalue weighted by molar-refractivity contribution is 6.75. The fourth-order valence-electron chi connectivity index (χ4n) is 13.0. The number of esters is 4. The summed E-state index contributed by atoms with van der Waals surface area (Å²) in [6, 6.07) is 0. The average molecular weight is 1910 g/mol. The number of hydrazone groups is 2. The van der Waals surface area contributed by atoms with Crippen LogP contribution in [0, 0.1) is 11.8 Å². The number of allylic oxidation sites excluding steroid dienone is 1. The van der Waals surface area contributed by atoms with Gasteiger partial charge in [-0.2, -0.15) is 10.2 Å². The van der Waals surface area contributed by atoms with Gasteiger partial charge in [-0.25, -0.2) is 9.86 Å². The van der Waals surface area contributed by atoms with Crippen LogP contribution in [0.5, 0.6) is 0 Å². The first-order chi connectivity index (χ1) is 59.4. The average Bonchev–Trinajstić information content (AvgIpc) is 0.767. The molecule has 0 unspecified atom stereocenters. The highest BCUT2D eigenvalue weighted by atomic mass is 35.5. The minimum Gasteiger partial charge on any atom is -0.498 e. The molecule has 6 heterocycles. The molecule has 5 saturated heterocycles. The molecule has 0 saturated carbocycles. The van der Waals surface area contributed by atoms with Gasteiger partial charge in [0.2, 0.25) is 5.91 Å². The standard InChI is InChI=1S/C17H34N2O2Si.C13H22O4.C13H20O4.C12H27NO3Si.C12H26O3Si.C7H14N2.C7H12O2.C6H12O3.C6H8O2.C3H8O.ClH/c1-15(21-22(5,6)17(2,3)4)14-16(20)10-11-18-19-12-8-7-9-13-19;2*1-4-16-13(15)12(5-6-14)11-7-9(2)17-10(3)8-11;1-10(9-11(14)13(5)15-6)16-17(7,8)12(2,3)4;1-8-14-11(13)9-10(2)15-16(6,7)12(3,4)5;1-2-8-9-6-4-3-5-7-9;1-5-3-7(8)4-6(2)9-5;1-3-9-6(8)4-5(2)7;1-5-4-6(7)2-3-8-5;1-3-4-2;/h11,15H,7-10,12-14H2,1-6H3;6,9-12H,4-5,7-8H2,1-3H3;6,9-10H,4-5,7-8H2,1-3H3;10H,9H2,1-8H3;10H,8-9H2,1-7H3;2H,3-7H2,1H3;5-6H,3-4H2,1-2H3;5,7H,3-4H2,1-2H3;2-3,5H,4H2,1H3;3H2,1-2H3;1H/b18-11+;;;;;8-2+;;;;;/t15-;9-,10-,12+;9-,10-;2*10-;;5-,6-;2*5-;;/m11111.111../s1. The van der Waals surface area contributed by atoms with E-state index < -0.39 is 31.1 Å². The van der Waals surface area contributed by atoms with E-state index in [1.807, 2.05) is 96.2 Å². The number of aliphatic hydroxyl groups is 1. The summed E-state index contributed by atoms with van der Waals surface area (Å²) in [4.78, 5) is 117. The molecule has 6 aliphatic rings. The summed E-state index contributed by atoms with van der Waals surface area (Å²) in [6.07, 6.45) is 22.8. The van der Waals surface area contributed by atoms with Gasteiger partial charge in [0.25, 0.3) is 0 Å². The Bertz CT molecular complexity index is 3160. The van der Waals surface area contributed by atoms with E-state index in [0.29, 0.717) is 95.6 Å². The number of hydrogen-bond acceptors (Lipinski definition) is 28. The first kappa shape index (κ1) is 132. The molecule has 0 aliphatic carbocycles. The minimum absolute atomic E-state index is 0. The van der Waals surface area contributed by atoms with Gasteiger partial charge >= 0.3 is 23.9 Å². The molecular weight excluding hydrogens is 1730 g/mol. The number of aldehydes is 2. The fourth-order valence-corrected chi connectivity index (χ4v) is 17.4. The Kier molecular flexibility index (Phi) is 73.6. The molecule has 0 aromatic rings. The lowest BCUT2D eigenvalue weighted by atomic mass is 9.80. The Morgan fingerprint density at radius 1 is 0.535 bits per heavy atom. The molecule has 33 heteroatoms. The van der Waals surface area contributed by atoms with Crippen molar-refractivity contribution in [2.75, 3.05) is 80.5 Å². The van der Waals surface area contributed by atoms with Crippen LogP contribution < -0.4 is 0 Å². The number of carbonyl (C=O) groups is 10. The zero-order valence-corrected chi connectivity index (χ0v) is 90.8. The van der Waals surface area contributed by atoms with Gasteiger partial charge in [-0.3, -0.25) is 48.4 Å². The molecule has 6 rings (SSSR count). The van der Waals surface area contributed by atoms with Crippen molar-refractivity contribution >= 4 is 109 Å². The van der Waals surface area contributed by atoms with E-state index in [0.717, 1.165) is 63.8 Å². The lowest BCUT2D eigenvalue weighted by Gasteiger charge is -2.38. The predicted octanol–water partition coefficient (Wildman–Crippen LogP) is 19.2. The summed E-state index contributed by atoms with van der Waals surface area (Å²) in [6.45, 7) is 71.9. The number of rotatable bonds is 31. The second-order valence-electron chi connectivity index (χ2n) is 38.1. The van der Waals surface area contributed by atoms with Crippen LogP contribution in [0.25, 0.3) is 0 Å². The monoisotopic (exact) mass is 1910 g/mol. The highest BCUT2D eigenvalue weighted by Gasteiger charge is 2.42. The number of halogens is 1. The Hall–Kier alpha value is -5.50. The van der Waals surface area contributed by atoms with Crippen molar-refractivity contribution in [1.29, 1.82) is 0 Å². The molecule has 0 aromatic heterocycles. The normalized spacial score (nSPS) is 21.1. The fraction of sp³-hybridized carbons (Fsp3) is 0.833. The van der Waals surface area contributed by atoms with E-state index in [1.54, 1.807) is 48.1 Å². The third kappa shape index (κ3) is 65.7. The van der Waals surface area contributed by atoms with Crippen LogP contribution in [-0.2, 0) is 109 Å². The molecule has 5 fully saturated rings. The van der Waals surface area contributed by atoms with Gasteiger partial charge < -0.3 is 70.6 Å². The molecule has 756 valence electrons. The van der Waals surface area contributed by atoms with Crippen molar-refractivity contribution in [3.63, 3.8) is 0 Å². The van der Waals surface area contributed by atoms with Crippen LogP contribution in [0.1, 0.15) is 308 Å². The molecule has 129 heavy (non-hydrogen) atoms. The first-order valence-corrected chi connectivity index (χ1v) is 55.7. The van der Waals surface area contributed by atoms with Crippen molar-refractivity contribution in [2.24, 2.45) is 22.0 Å². The third-order valence-electron chi connectivity index (χ3n) is 22.4. The van der Waals surface area contributed by atoms with E-state index in [4.69, 9.17) is 56.4 Å². The number of ether oxygens (including phenoxy) is 9. The van der Waals surface area contributed by atoms with Crippen molar-refractivity contribution < 1.29 is 114 Å². The predicted molar refractivity (Wildman–Crippen MR) is 525 cm³/mol. The topological polar surface area (TPSA) is 345 Å². The molecule has 1 N–H and O–H groups in total. The van der Waals surface area contributed by atoms with Crippen LogP contribution in [0.4, 0.5) is 0 Å². The Morgan fingerprint density at radius 3 is 1.28 bits per heavy atom. The van der Waals surface area contributed by atoms with Crippen LogP contribution >= 0.6 is 12.4 Å². The number of ketones is 3. The van der Waals surface area contributed by atoms with E-state index in [-0.39, 0.29) is 161 Å². The van der Waals surface area contributed by atoms with Crippen LogP contribution in [-0.4, -0.2) is 265 Å². The zero-order valence-electron chi connectivity index (χ0n) is 87.0. The second-order valence-corrected chi connectivity index (χ2v) is 52.4. The summed E-state index contributed by atoms with van der Waals surface area (Å²) in [7, 11) is -0.567. The van der Waals surface area contributed by atoms with E-state index in [1.165, 1.54) is 63.0 Å². The number of nitrogens with zero attached hydrogens (tertiary/aromatic N) is 5. The Labute approximate surface area is 790 Å². The molecule has 1 amide bonds. The number of piperidine rings is 2. The minimum atomic E-state index is -1.79. The maximum absolute atomic E-state index is 12.1. The van der Waals surface area contributed by atoms with Crippen molar-refractivity contribution in [3.8, 4) is 0 Å². The Balaban J connectivity index is -0.000000451. The summed E-state index contributed by atoms with van der Waals surface area (Å²) in [5, 5.41) is 23.2. The molecule has 0 aromatic carbocycles. The van der Waals surface area contributed by atoms with Crippen molar-refractivity contribution in [2.45, 2.75) is 430 Å². The quantitative estimate of drug-likeness (QED) is 0.0128. The first-order valence-electron chi connectivity index (χ1n) is 47.0. The third-order valence-corrected chi connectivity index (χ3v) is 36.2. The number of carbonyl (C=O) groups excluding carboxylic acids is 10. The van der Waals surface area contributed by atoms with Gasteiger partial charge in [0.05, 0.1) is 120 Å². The number of Topliss-reactive ketones (excluding diaryl/α,β-unsaturated/α-hetero) is 2. The summed E-state index contributed by atoms with van der Waals surface area (Å²) < 4.78 is 64.0. The largest absolute Gasteiger partial charge is 0.498 e. The summed E-state index contributed by atoms with van der Waals surface area (Å²) in [5.74, 6) is -0.585. The van der Waals surface area contributed by atoms with Crippen LogP contribution in [0.2, 0.25) is 54.4 Å². The van der Waals surface area contributed by atoms with Gasteiger partial charge in [-0.05, 0) is 242 Å². The summed E-state index contributed by atoms with van der Waals surface area (Å²) in [5.41, 5.74) is 1.52.